The molecule has 1 aromatic rings. The molecule has 4 aliphatic rings. The molecule has 1 saturated carbocycles. The fourth-order valence-corrected chi connectivity index (χ4v) is 11.1. The number of hydrogen-bond acceptors (Lipinski definition) is 15. The zero-order valence-electron chi connectivity index (χ0n) is 46.4. The van der Waals surface area contributed by atoms with Crippen LogP contribution in [-0.2, 0) is 58.9 Å². The lowest BCUT2D eigenvalue weighted by Gasteiger charge is -2.42. The Morgan fingerprint density at radius 1 is 0.882 bits per heavy atom. The number of pyridine rings is 1. The molecule has 17 nitrogen and oxygen atoms in total. The molecule has 0 spiro atoms. The van der Waals surface area contributed by atoms with Gasteiger partial charge in [-0.15, -0.1) is 12.4 Å². The number of aromatic nitrogens is 1. The molecule has 3 fully saturated rings. The number of cyclic esters (lactones) is 1. The number of allylic oxidation sites excluding steroid dienone is 6. The maximum absolute atomic E-state index is 14.6. The highest BCUT2D eigenvalue weighted by Gasteiger charge is 2.53. The van der Waals surface area contributed by atoms with Crippen molar-refractivity contribution in [2.45, 2.75) is 187 Å². The van der Waals surface area contributed by atoms with E-state index in [1.807, 2.05) is 58.1 Å². The first-order valence-corrected chi connectivity index (χ1v) is 27.0. The summed E-state index contributed by atoms with van der Waals surface area (Å²) in [7, 11) is 4.51. The van der Waals surface area contributed by atoms with E-state index in [0.717, 1.165) is 11.1 Å². The van der Waals surface area contributed by atoms with E-state index in [2.05, 4.69) is 10.3 Å². The Bertz CT molecular complexity index is 2220. The SMILES string of the molecule is CO[C@H]1C[C@@H]2CC[C@@H](C)[C@@](O)(O2)C(=O)C(=O)N2CCCC[C@H]2C(=O)O[C@H]([C@H](C)CC2CC[C@H](OC(=O)NCc3ccncc3)[C@@H](OC)C2)CC(=O)[C@H](C)/C=C(\C)[C@@H](O)[C@@H](OC)C(=O)[C@H](C)C[C@H](C)/C=C/C=C/C=C/1C.Cl. The number of hydrogen-bond donors (Lipinski definition) is 3. The van der Waals surface area contributed by atoms with E-state index in [1.54, 1.807) is 65.6 Å². The van der Waals surface area contributed by atoms with E-state index in [-0.39, 0.29) is 61.7 Å². The standard InChI is InChI=1S/C58H85N3O14.ClH/c1-35-16-12-11-13-17-36(2)48(70-8)32-44-21-19-41(7)58(69,75-44)54(65)55(66)61-27-15-14-18-45(61)56(67)73-49(33-46(62)37(3)29-40(6)52(64)53(72-10)51(63)39(5)28-35)38(4)30-43-20-22-47(50(31-43)71-9)74-57(68)60-34-42-23-25-59-26-24-42;/h11-13,16-17,23-26,29,35,37-39,41,43-45,47-50,52-53,64,69H,14-15,18-22,27-28,30-34H2,1-10H3,(H,60,68);1H/b13-11+,16-12+,36-17+,40-29+;/t35-,37-,38-,39-,41-,43?,44+,45+,47+,48+,49+,50+,52-,53+,58-;/m1./s1. The lowest BCUT2D eigenvalue weighted by molar-refractivity contribution is -0.265. The van der Waals surface area contributed by atoms with Gasteiger partial charge >= 0.3 is 12.1 Å². The van der Waals surface area contributed by atoms with Crippen molar-refractivity contribution in [2.24, 2.45) is 35.5 Å². The third kappa shape index (κ3) is 17.4. The molecule has 1 unspecified atom stereocenters. The average molecular weight is 1080 g/mol. The van der Waals surface area contributed by atoms with E-state index in [0.29, 0.717) is 69.8 Å². The molecule has 2 saturated heterocycles. The molecule has 76 heavy (non-hydrogen) atoms. The van der Waals surface area contributed by atoms with Crippen molar-refractivity contribution >= 4 is 47.7 Å². The first-order valence-electron chi connectivity index (χ1n) is 27.0. The fraction of sp³-hybridized carbons (Fsp3) is 0.672. The molecule has 4 heterocycles. The first-order chi connectivity index (χ1) is 35.7. The van der Waals surface area contributed by atoms with Gasteiger partial charge in [-0.3, -0.25) is 24.2 Å². The third-order valence-electron chi connectivity index (χ3n) is 15.9. The van der Waals surface area contributed by atoms with Gasteiger partial charge in [-0.2, -0.15) is 0 Å². The Morgan fingerprint density at radius 3 is 2.29 bits per heavy atom. The number of ether oxygens (including phenoxy) is 6. The van der Waals surface area contributed by atoms with Crippen molar-refractivity contribution in [2.75, 3.05) is 27.9 Å². The predicted octanol–water partition coefficient (Wildman–Crippen LogP) is 7.93. The van der Waals surface area contributed by atoms with Gasteiger partial charge in [0.2, 0.25) is 5.79 Å². The summed E-state index contributed by atoms with van der Waals surface area (Å²) in [5.74, 6) is -8.35. The lowest BCUT2D eigenvalue weighted by atomic mass is 9.78. The summed E-state index contributed by atoms with van der Waals surface area (Å²) in [6.45, 7) is 12.9. The van der Waals surface area contributed by atoms with Crippen LogP contribution in [0.25, 0.3) is 0 Å². The zero-order chi connectivity index (χ0) is 55.0. The number of rotatable bonds is 9. The van der Waals surface area contributed by atoms with Crippen molar-refractivity contribution in [3.8, 4) is 0 Å². The lowest BCUT2D eigenvalue weighted by Crippen LogP contribution is -2.61. The number of nitrogens with one attached hydrogen (secondary N) is 1. The highest BCUT2D eigenvalue weighted by atomic mass is 35.5. The summed E-state index contributed by atoms with van der Waals surface area (Å²) in [5.41, 5.74) is 2.11. The normalized spacial score (nSPS) is 35.9. The van der Waals surface area contributed by atoms with Crippen LogP contribution in [0.15, 0.2) is 72.1 Å². The molecule has 424 valence electrons. The number of alkyl carbamates (subject to hydrolysis) is 1. The number of esters is 1. The Kier molecular flexibility index (Phi) is 25.7. The average Bonchev–Trinajstić information content (AvgIpc) is 3.40. The predicted molar refractivity (Wildman–Crippen MR) is 288 cm³/mol. The van der Waals surface area contributed by atoms with E-state index >= 15 is 0 Å². The molecule has 3 N–H and O–H groups in total. The Balaban J connectivity index is 0.0000125. The van der Waals surface area contributed by atoms with Crippen LogP contribution >= 0.6 is 12.4 Å². The first kappa shape index (κ1) is 63.9. The minimum atomic E-state index is -2.46. The van der Waals surface area contributed by atoms with Gasteiger partial charge in [0.25, 0.3) is 11.7 Å². The molecule has 2 bridgehead atoms. The van der Waals surface area contributed by atoms with E-state index in [1.165, 1.54) is 12.0 Å². The second-order valence-electron chi connectivity index (χ2n) is 21.7. The van der Waals surface area contributed by atoms with Gasteiger partial charge in [0.15, 0.2) is 5.78 Å². The van der Waals surface area contributed by atoms with E-state index < -0.39 is 102 Å². The van der Waals surface area contributed by atoms with E-state index in [9.17, 15) is 39.0 Å². The second-order valence-corrected chi connectivity index (χ2v) is 21.7. The number of carbonyl (C=O) groups is 6. The molecule has 2 amide bonds. The number of aliphatic hydroxyl groups is 2. The molecule has 0 aromatic carbocycles. The summed E-state index contributed by atoms with van der Waals surface area (Å²) in [5, 5.41) is 26.3. The van der Waals surface area contributed by atoms with Crippen molar-refractivity contribution < 1.29 is 67.4 Å². The smallest absolute Gasteiger partial charge is 0.407 e. The van der Waals surface area contributed by atoms with Crippen LogP contribution in [-0.4, -0.2) is 138 Å². The molecule has 0 radical (unpaired) electrons. The molecule has 1 aromatic heterocycles. The monoisotopic (exact) mass is 1080 g/mol. The van der Waals surface area contributed by atoms with Gasteiger partial charge in [-0.25, -0.2) is 9.59 Å². The Morgan fingerprint density at radius 2 is 1.61 bits per heavy atom. The van der Waals surface area contributed by atoms with Crippen LogP contribution in [0.2, 0.25) is 0 Å². The van der Waals surface area contributed by atoms with Crippen molar-refractivity contribution in [1.82, 2.24) is 15.2 Å². The second kappa shape index (κ2) is 30.5. The van der Waals surface area contributed by atoms with Crippen molar-refractivity contribution in [1.29, 1.82) is 0 Å². The van der Waals surface area contributed by atoms with Gasteiger partial charge in [0.1, 0.15) is 36.2 Å². The van der Waals surface area contributed by atoms with Crippen LogP contribution in [0.3, 0.4) is 0 Å². The summed E-state index contributed by atoms with van der Waals surface area (Å²) in [4.78, 5) is 89.5. The van der Waals surface area contributed by atoms with Crippen LogP contribution in [0, 0.1) is 35.5 Å². The minimum Gasteiger partial charge on any atom is -0.460 e. The number of Topliss-reactive ketones (excluding diaryl/α,β-unsaturated/α-hetero) is 3. The highest BCUT2D eigenvalue weighted by molar-refractivity contribution is 6.39. The topological polar surface area (TPSA) is 226 Å². The fourth-order valence-electron chi connectivity index (χ4n) is 11.1. The summed E-state index contributed by atoms with van der Waals surface area (Å²) in [6.07, 6.45) is 13.3. The number of ketones is 3. The number of amides is 2. The largest absolute Gasteiger partial charge is 0.460 e. The van der Waals surface area contributed by atoms with Crippen molar-refractivity contribution in [3.63, 3.8) is 0 Å². The molecule has 18 heteroatoms. The van der Waals surface area contributed by atoms with Crippen molar-refractivity contribution in [3.05, 3.63) is 77.7 Å². The summed E-state index contributed by atoms with van der Waals surface area (Å²) >= 11 is 0. The number of nitrogens with zero attached hydrogens (tertiary/aromatic N) is 2. The van der Waals surface area contributed by atoms with Crippen LogP contribution in [0.5, 0.6) is 0 Å². The number of fused-ring (bicyclic) bond motifs is 3. The zero-order valence-corrected chi connectivity index (χ0v) is 47.2. The Hall–Kier alpha value is -4.62. The number of carbonyl (C=O) groups excluding carboxylic acids is 6. The van der Waals surface area contributed by atoms with Gasteiger partial charge in [0.05, 0.1) is 18.3 Å². The molecule has 3 aliphatic heterocycles. The van der Waals surface area contributed by atoms with Gasteiger partial charge in [0, 0.05) is 77.4 Å². The molecular weight excluding hydrogens is 998 g/mol. The summed E-state index contributed by atoms with van der Waals surface area (Å²) < 4.78 is 35.7. The van der Waals surface area contributed by atoms with Crippen LogP contribution < -0.4 is 5.32 Å². The number of halogens is 1. The third-order valence-corrected chi connectivity index (χ3v) is 15.9. The molecule has 1 aliphatic carbocycles. The van der Waals surface area contributed by atoms with Crippen LogP contribution in [0.4, 0.5) is 4.79 Å². The number of aliphatic hydroxyl groups excluding tert-OH is 1. The Labute approximate surface area is 456 Å². The summed E-state index contributed by atoms with van der Waals surface area (Å²) in [6, 6.07) is 2.42. The van der Waals surface area contributed by atoms with E-state index in [4.69, 9.17) is 28.4 Å². The number of piperidine rings is 1. The quantitative estimate of drug-likeness (QED) is 0.121. The van der Waals surface area contributed by atoms with Gasteiger partial charge in [-0.05, 0) is 125 Å². The maximum atomic E-state index is 14.6. The number of methoxy groups -OCH3 is 3. The van der Waals surface area contributed by atoms with Gasteiger partial charge in [-0.1, -0.05) is 71.1 Å². The van der Waals surface area contributed by atoms with Gasteiger partial charge < -0.3 is 48.9 Å². The maximum Gasteiger partial charge on any atom is 0.407 e. The molecule has 5 rings (SSSR count). The molecule has 15 atom stereocenters. The van der Waals surface area contributed by atoms with Crippen LogP contribution in [0.1, 0.15) is 131 Å². The highest BCUT2D eigenvalue weighted by Crippen LogP contribution is 2.38. The minimum absolute atomic E-state index is 0. The molecular formula is C58H86ClN3O14.